The smallest absolute Gasteiger partial charge is 0.0224 e. The molecule has 106 valence electrons. The van der Waals surface area contributed by atoms with Gasteiger partial charge in [0.05, 0.1) is 0 Å². The summed E-state index contributed by atoms with van der Waals surface area (Å²) in [7, 11) is 0. The lowest BCUT2D eigenvalue weighted by Gasteiger charge is -2.48. The van der Waals surface area contributed by atoms with Gasteiger partial charge in [-0.15, -0.1) is 0 Å². The van der Waals surface area contributed by atoms with Crippen molar-refractivity contribution >= 4 is 0 Å². The van der Waals surface area contributed by atoms with Gasteiger partial charge in [0.1, 0.15) is 0 Å². The molecular formula is C16H32N2. The zero-order valence-electron chi connectivity index (χ0n) is 12.6. The monoisotopic (exact) mass is 252 g/mol. The van der Waals surface area contributed by atoms with E-state index in [1.165, 1.54) is 45.1 Å². The van der Waals surface area contributed by atoms with Gasteiger partial charge in [0, 0.05) is 18.6 Å². The van der Waals surface area contributed by atoms with Crippen molar-refractivity contribution in [3.63, 3.8) is 0 Å². The molecule has 2 rings (SSSR count). The Labute approximate surface area is 113 Å². The van der Waals surface area contributed by atoms with Gasteiger partial charge in [-0.05, 0) is 56.4 Å². The van der Waals surface area contributed by atoms with E-state index in [2.05, 4.69) is 25.7 Å². The van der Waals surface area contributed by atoms with Crippen LogP contribution < -0.4 is 5.73 Å². The number of rotatable bonds is 3. The zero-order chi connectivity index (χ0) is 13.1. The minimum atomic E-state index is 0.657. The first-order valence-corrected chi connectivity index (χ1v) is 8.11. The molecule has 18 heavy (non-hydrogen) atoms. The Hall–Kier alpha value is -0.0800. The van der Waals surface area contributed by atoms with E-state index in [4.69, 9.17) is 5.73 Å². The molecule has 0 radical (unpaired) electrons. The molecule has 2 nitrogen and oxygen atoms in total. The van der Waals surface area contributed by atoms with Crippen LogP contribution in [0.25, 0.3) is 0 Å². The summed E-state index contributed by atoms with van der Waals surface area (Å²) >= 11 is 0. The van der Waals surface area contributed by atoms with Crippen LogP contribution >= 0.6 is 0 Å². The van der Waals surface area contributed by atoms with Gasteiger partial charge in [-0.25, -0.2) is 0 Å². The molecule has 2 heteroatoms. The van der Waals surface area contributed by atoms with Gasteiger partial charge >= 0.3 is 0 Å². The number of hydrogen-bond donors (Lipinski definition) is 1. The lowest BCUT2D eigenvalue weighted by atomic mass is 9.77. The Morgan fingerprint density at radius 3 is 2.50 bits per heavy atom. The summed E-state index contributed by atoms with van der Waals surface area (Å²) in [5.74, 6) is 2.72. The van der Waals surface area contributed by atoms with E-state index in [1.807, 2.05) is 0 Å². The van der Waals surface area contributed by atoms with Gasteiger partial charge in [0.2, 0.25) is 0 Å². The number of likely N-dealkylation sites (tertiary alicyclic amines) is 1. The Morgan fingerprint density at radius 1 is 1.11 bits per heavy atom. The van der Waals surface area contributed by atoms with Gasteiger partial charge < -0.3 is 5.73 Å². The van der Waals surface area contributed by atoms with E-state index in [9.17, 15) is 0 Å². The molecule has 2 aliphatic rings. The average Bonchev–Trinajstić information content (AvgIpc) is 2.38. The summed E-state index contributed by atoms with van der Waals surface area (Å²) in [6, 6.07) is 1.47. The van der Waals surface area contributed by atoms with E-state index in [0.29, 0.717) is 6.04 Å². The summed E-state index contributed by atoms with van der Waals surface area (Å²) in [5.41, 5.74) is 6.05. The summed E-state index contributed by atoms with van der Waals surface area (Å²) in [5, 5.41) is 0. The molecule has 5 atom stereocenters. The van der Waals surface area contributed by atoms with Crippen LogP contribution in [0, 0.1) is 17.8 Å². The maximum Gasteiger partial charge on any atom is 0.0224 e. The second-order valence-corrected chi connectivity index (χ2v) is 6.89. The molecule has 0 amide bonds. The van der Waals surface area contributed by atoms with Crippen molar-refractivity contribution in [3.8, 4) is 0 Å². The third-order valence-corrected chi connectivity index (χ3v) is 5.53. The molecule has 2 fully saturated rings. The van der Waals surface area contributed by atoms with E-state index in [-0.39, 0.29) is 0 Å². The summed E-state index contributed by atoms with van der Waals surface area (Å²) in [4.78, 5) is 2.78. The third-order valence-electron chi connectivity index (χ3n) is 5.53. The fraction of sp³-hybridized carbons (Fsp3) is 1.00. The van der Waals surface area contributed by atoms with E-state index in [1.54, 1.807) is 0 Å². The number of nitrogens with two attached hydrogens (primary N) is 1. The van der Waals surface area contributed by atoms with Crippen molar-refractivity contribution in [2.75, 3.05) is 13.1 Å². The van der Waals surface area contributed by atoms with Crippen molar-refractivity contribution in [1.82, 2.24) is 4.90 Å². The van der Waals surface area contributed by atoms with Crippen molar-refractivity contribution in [2.24, 2.45) is 23.5 Å². The maximum atomic E-state index is 6.05. The number of nitrogens with zero attached hydrogens (tertiary/aromatic N) is 1. The van der Waals surface area contributed by atoms with Crippen LogP contribution in [-0.4, -0.2) is 30.1 Å². The fourth-order valence-electron chi connectivity index (χ4n) is 4.33. The van der Waals surface area contributed by atoms with Crippen LogP contribution in [0.15, 0.2) is 0 Å². The summed E-state index contributed by atoms with van der Waals surface area (Å²) < 4.78 is 0. The molecule has 2 N–H and O–H groups in total. The topological polar surface area (TPSA) is 29.3 Å². The van der Waals surface area contributed by atoms with Gasteiger partial charge in [-0.1, -0.05) is 27.2 Å². The second-order valence-electron chi connectivity index (χ2n) is 6.89. The Kier molecular flexibility index (Phi) is 5.08. The van der Waals surface area contributed by atoms with Gasteiger partial charge in [-0.3, -0.25) is 4.90 Å². The predicted octanol–water partition coefficient (Wildman–Crippen LogP) is 3.26. The lowest BCUT2D eigenvalue weighted by molar-refractivity contribution is 0.0196. The largest absolute Gasteiger partial charge is 0.329 e. The van der Waals surface area contributed by atoms with Crippen molar-refractivity contribution in [3.05, 3.63) is 0 Å². The molecule has 1 aliphatic carbocycles. The molecular weight excluding hydrogens is 220 g/mol. The molecule has 0 bridgehead atoms. The molecule has 1 heterocycles. The second kappa shape index (κ2) is 6.38. The minimum Gasteiger partial charge on any atom is -0.329 e. The highest BCUT2D eigenvalue weighted by molar-refractivity contribution is 4.91. The van der Waals surface area contributed by atoms with Crippen LogP contribution in [0.4, 0.5) is 0 Å². The molecule has 1 aliphatic heterocycles. The van der Waals surface area contributed by atoms with Crippen LogP contribution in [0.1, 0.15) is 59.3 Å². The first-order valence-electron chi connectivity index (χ1n) is 8.11. The summed E-state index contributed by atoms with van der Waals surface area (Å²) in [6.07, 6.45) is 8.30. The fourth-order valence-corrected chi connectivity index (χ4v) is 4.33. The van der Waals surface area contributed by atoms with Crippen LogP contribution in [0.5, 0.6) is 0 Å². The van der Waals surface area contributed by atoms with Gasteiger partial charge in [0.25, 0.3) is 0 Å². The van der Waals surface area contributed by atoms with Crippen molar-refractivity contribution in [1.29, 1.82) is 0 Å². The minimum absolute atomic E-state index is 0.657. The molecule has 5 unspecified atom stereocenters. The zero-order valence-corrected chi connectivity index (χ0v) is 12.6. The molecule has 1 saturated carbocycles. The lowest BCUT2D eigenvalue weighted by Crippen LogP contribution is -2.54. The van der Waals surface area contributed by atoms with Crippen LogP contribution in [-0.2, 0) is 0 Å². The van der Waals surface area contributed by atoms with E-state index >= 15 is 0 Å². The molecule has 0 spiro atoms. The molecule has 0 aromatic rings. The summed E-state index contributed by atoms with van der Waals surface area (Å²) in [6.45, 7) is 9.36. The Bertz CT molecular complexity index is 253. The number of piperidine rings is 1. The maximum absolute atomic E-state index is 6.05. The van der Waals surface area contributed by atoms with Crippen LogP contribution in [0.3, 0.4) is 0 Å². The highest BCUT2D eigenvalue weighted by Crippen LogP contribution is 2.36. The third kappa shape index (κ3) is 3.08. The molecule has 1 saturated heterocycles. The highest BCUT2D eigenvalue weighted by Gasteiger charge is 2.36. The predicted molar refractivity (Wildman–Crippen MR) is 78.5 cm³/mol. The standard InChI is InChI=1S/C16H32N2/c1-4-14-7-8-18(15(10-14)11-17)16-6-5-12(2)9-13(16)3/h12-16H,4-11,17H2,1-3H3. The Morgan fingerprint density at radius 2 is 1.89 bits per heavy atom. The average molecular weight is 252 g/mol. The quantitative estimate of drug-likeness (QED) is 0.835. The van der Waals surface area contributed by atoms with E-state index < -0.39 is 0 Å². The van der Waals surface area contributed by atoms with E-state index in [0.717, 1.165) is 30.3 Å². The van der Waals surface area contributed by atoms with Crippen LogP contribution in [0.2, 0.25) is 0 Å². The molecule has 0 aromatic carbocycles. The van der Waals surface area contributed by atoms with Gasteiger partial charge in [0.15, 0.2) is 0 Å². The van der Waals surface area contributed by atoms with Crippen molar-refractivity contribution in [2.45, 2.75) is 71.4 Å². The Balaban J connectivity index is 1.98. The van der Waals surface area contributed by atoms with Gasteiger partial charge in [-0.2, -0.15) is 0 Å². The normalized spacial score (nSPS) is 43.0. The number of hydrogen-bond acceptors (Lipinski definition) is 2. The molecule has 0 aromatic heterocycles. The first kappa shape index (κ1) is 14.3. The SMILES string of the molecule is CCC1CCN(C2CCC(C)CC2C)C(CN)C1. The first-order chi connectivity index (χ1) is 8.65. The van der Waals surface area contributed by atoms with Crippen molar-refractivity contribution < 1.29 is 0 Å². The highest BCUT2D eigenvalue weighted by atomic mass is 15.2.